The molecule has 23 heavy (non-hydrogen) atoms. The molecule has 0 bridgehead atoms. The quantitative estimate of drug-likeness (QED) is 0.420. The normalized spacial score (nSPS) is 20.8. The first-order valence-electron chi connectivity index (χ1n) is 7.84. The lowest BCUT2D eigenvalue weighted by molar-refractivity contribution is 0.561. The van der Waals surface area contributed by atoms with Crippen LogP contribution in [0.1, 0.15) is 37.1 Å². The van der Waals surface area contributed by atoms with Crippen molar-refractivity contribution in [3.8, 4) is 0 Å². The predicted molar refractivity (Wildman–Crippen MR) is 101 cm³/mol. The largest absolute Gasteiger partial charge is 0.301 e. The molecule has 0 saturated heterocycles. The molecule has 7 heteroatoms. The molecular formula is C16H20Cl2N2OS2. The van der Waals surface area contributed by atoms with Crippen LogP contribution in [0.4, 0.5) is 0 Å². The summed E-state index contributed by atoms with van der Waals surface area (Å²) in [4.78, 5) is 22.1. The summed E-state index contributed by atoms with van der Waals surface area (Å²) in [6.07, 6.45) is 2.85. The molecule has 0 amide bonds. The second kappa shape index (κ2) is 6.58. The molecule has 2 aromatic heterocycles. The Morgan fingerprint density at radius 3 is 2.83 bits per heavy atom. The summed E-state index contributed by atoms with van der Waals surface area (Å²) < 4.78 is -0.583. The molecule has 2 atom stereocenters. The summed E-state index contributed by atoms with van der Waals surface area (Å²) in [7, 11) is 0. The molecule has 2 aromatic rings. The highest BCUT2D eigenvalue weighted by Gasteiger charge is 2.51. The molecule has 2 heterocycles. The van der Waals surface area contributed by atoms with Crippen molar-refractivity contribution in [2.75, 3.05) is 5.75 Å². The van der Waals surface area contributed by atoms with E-state index in [0.29, 0.717) is 11.1 Å². The molecular weight excluding hydrogens is 371 g/mol. The van der Waals surface area contributed by atoms with Gasteiger partial charge in [0.25, 0.3) is 5.56 Å². The molecule has 1 aliphatic carbocycles. The number of nitrogens with zero attached hydrogens (tertiary/aromatic N) is 1. The Bertz CT molecular complexity index is 784. The number of alkyl halides is 2. The highest BCUT2D eigenvalue weighted by atomic mass is 35.5. The van der Waals surface area contributed by atoms with Gasteiger partial charge in [-0.25, -0.2) is 4.98 Å². The number of aryl methyl sites for hydroxylation is 1. The number of thiophene rings is 1. The molecule has 3 rings (SSSR count). The van der Waals surface area contributed by atoms with E-state index in [1.54, 1.807) is 11.3 Å². The fraction of sp³-hybridized carbons (Fsp3) is 0.625. The van der Waals surface area contributed by atoms with E-state index < -0.39 is 4.33 Å². The van der Waals surface area contributed by atoms with Crippen molar-refractivity contribution in [1.29, 1.82) is 0 Å². The monoisotopic (exact) mass is 390 g/mol. The molecule has 1 fully saturated rings. The zero-order valence-corrected chi connectivity index (χ0v) is 16.6. The van der Waals surface area contributed by atoms with Gasteiger partial charge in [0.05, 0.1) is 5.39 Å². The number of aromatic nitrogens is 2. The molecule has 2 unspecified atom stereocenters. The lowest BCUT2D eigenvalue weighted by Crippen LogP contribution is -2.11. The van der Waals surface area contributed by atoms with Crippen LogP contribution in [0.25, 0.3) is 10.2 Å². The number of rotatable bonds is 6. The molecule has 1 aliphatic rings. The smallest absolute Gasteiger partial charge is 0.260 e. The summed E-state index contributed by atoms with van der Waals surface area (Å²) >= 11 is 15.2. The summed E-state index contributed by atoms with van der Waals surface area (Å²) in [5.41, 5.74) is 1.13. The summed E-state index contributed by atoms with van der Waals surface area (Å²) in [5.74, 6) is 1.63. The fourth-order valence-electron chi connectivity index (χ4n) is 2.59. The first kappa shape index (κ1) is 17.6. The SMILES string of the molecule is CCC(C)Cc1c(C)sc2nc(SCC3CC3(Cl)Cl)[nH]c(=O)c12. The van der Waals surface area contributed by atoms with Crippen molar-refractivity contribution < 1.29 is 0 Å². The average Bonchev–Trinajstić information content (AvgIpc) is 2.97. The minimum atomic E-state index is -0.583. The number of aromatic amines is 1. The van der Waals surface area contributed by atoms with Gasteiger partial charge in [0, 0.05) is 16.5 Å². The maximum Gasteiger partial charge on any atom is 0.260 e. The third-order valence-corrected chi connectivity index (χ3v) is 7.47. The molecule has 3 nitrogen and oxygen atoms in total. The van der Waals surface area contributed by atoms with E-state index in [9.17, 15) is 4.79 Å². The van der Waals surface area contributed by atoms with Crippen LogP contribution in [0, 0.1) is 18.8 Å². The van der Waals surface area contributed by atoms with Crippen LogP contribution in [0.5, 0.6) is 0 Å². The van der Waals surface area contributed by atoms with E-state index in [1.807, 2.05) is 0 Å². The van der Waals surface area contributed by atoms with Crippen molar-refractivity contribution in [2.45, 2.75) is 49.5 Å². The second-order valence-electron chi connectivity index (χ2n) is 6.38. The van der Waals surface area contributed by atoms with Crippen molar-refractivity contribution in [2.24, 2.45) is 11.8 Å². The zero-order chi connectivity index (χ0) is 16.8. The Balaban J connectivity index is 1.86. The zero-order valence-electron chi connectivity index (χ0n) is 13.4. The van der Waals surface area contributed by atoms with E-state index in [-0.39, 0.29) is 11.5 Å². The Labute approximate surface area is 154 Å². The van der Waals surface area contributed by atoms with Crippen LogP contribution < -0.4 is 5.56 Å². The van der Waals surface area contributed by atoms with Gasteiger partial charge in [0.2, 0.25) is 0 Å². The molecule has 1 N–H and O–H groups in total. The van der Waals surface area contributed by atoms with Crippen molar-refractivity contribution in [1.82, 2.24) is 9.97 Å². The standard InChI is InChI=1S/C16H20Cl2N2OS2/c1-4-8(2)5-11-9(3)23-14-12(11)13(21)19-15(20-14)22-7-10-6-16(10,17)18/h8,10H,4-7H2,1-3H3,(H,19,20,21). The molecule has 126 valence electrons. The maximum absolute atomic E-state index is 12.5. The molecule has 0 aromatic carbocycles. The van der Waals surface area contributed by atoms with Gasteiger partial charge in [0.15, 0.2) is 5.16 Å². The van der Waals surface area contributed by atoms with E-state index >= 15 is 0 Å². The number of fused-ring (bicyclic) bond motifs is 1. The number of hydrogen-bond acceptors (Lipinski definition) is 4. The van der Waals surface area contributed by atoms with Crippen LogP contribution in [0.2, 0.25) is 0 Å². The second-order valence-corrected chi connectivity index (χ2v) is 10.1. The highest BCUT2D eigenvalue weighted by molar-refractivity contribution is 7.99. The number of H-pyrrole nitrogens is 1. The van der Waals surface area contributed by atoms with Gasteiger partial charge >= 0.3 is 0 Å². The van der Waals surface area contributed by atoms with Crippen LogP contribution in [0.15, 0.2) is 9.95 Å². The Kier molecular flexibility index (Phi) is 5.03. The van der Waals surface area contributed by atoms with Crippen molar-refractivity contribution >= 4 is 56.5 Å². The van der Waals surface area contributed by atoms with Gasteiger partial charge in [-0.15, -0.1) is 34.5 Å². The van der Waals surface area contributed by atoms with Gasteiger partial charge in [-0.2, -0.15) is 0 Å². The van der Waals surface area contributed by atoms with Gasteiger partial charge in [0.1, 0.15) is 9.16 Å². The average molecular weight is 391 g/mol. The summed E-state index contributed by atoms with van der Waals surface area (Å²) in [5, 5.41) is 1.43. The third-order valence-electron chi connectivity index (χ3n) is 4.47. The number of thioether (sulfide) groups is 1. The van der Waals surface area contributed by atoms with E-state index in [0.717, 1.165) is 40.8 Å². The Morgan fingerprint density at radius 1 is 1.52 bits per heavy atom. The van der Waals surface area contributed by atoms with Crippen LogP contribution in [-0.4, -0.2) is 20.1 Å². The number of nitrogens with one attached hydrogen (secondary N) is 1. The summed E-state index contributed by atoms with van der Waals surface area (Å²) in [6, 6.07) is 0. The first-order valence-corrected chi connectivity index (χ1v) is 10.4. The molecule has 0 aliphatic heterocycles. The van der Waals surface area contributed by atoms with Crippen LogP contribution in [-0.2, 0) is 6.42 Å². The van der Waals surface area contributed by atoms with Gasteiger partial charge in [-0.1, -0.05) is 32.0 Å². The number of halogens is 2. The lowest BCUT2D eigenvalue weighted by Gasteiger charge is -2.08. The number of hydrogen-bond donors (Lipinski definition) is 1. The lowest BCUT2D eigenvalue weighted by atomic mass is 9.98. The Morgan fingerprint density at radius 2 is 2.22 bits per heavy atom. The van der Waals surface area contributed by atoms with Crippen molar-refractivity contribution in [3.63, 3.8) is 0 Å². The van der Waals surface area contributed by atoms with Crippen LogP contribution >= 0.6 is 46.3 Å². The minimum absolute atomic E-state index is 0.0287. The topological polar surface area (TPSA) is 45.8 Å². The summed E-state index contributed by atoms with van der Waals surface area (Å²) in [6.45, 7) is 6.47. The first-order chi connectivity index (χ1) is 10.8. The van der Waals surface area contributed by atoms with Crippen molar-refractivity contribution in [3.05, 3.63) is 20.8 Å². The van der Waals surface area contributed by atoms with Gasteiger partial charge in [-0.05, 0) is 31.2 Å². The van der Waals surface area contributed by atoms with E-state index in [1.165, 1.54) is 16.6 Å². The molecule has 0 spiro atoms. The molecule has 1 saturated carbocycles. The maximum atomic E-state index is 12.5. The van der Waals surface area contributed by atoms with Gasteiger partial charge < -0.3 is 4.98 Å². The third kappa shape index (κ3) is 3.73. The van der Waals surface area contributed by atoms with Crippen LogP contribution in [0.3, 0.4) is 0 Å². The van der Waals surface area contributed by atoms with E-state index in [4.69, 9.17) is 23.2 Å². The minimum Gasteiger partial charge on any atom is -0.301 e. The fourth-order valence-corrected chi connectivity index (χ4v) is 5.50. The van der Waals surface area contributed by atoms with Gasteiger partial charge in [-0.3, -0.25) is 4.79 Å². The Hall–Kier alpha value is -0.230. The predicted octanol–water partition coefficient (Wildman–Crippen LogP) is 5.17. The highest BCUT2D eigenvalue weighted by Crippen LogP contribution is 2.54. The molecule has 0 radical (unpaired) electrons. The van der Waals surface area contributed by atoms with E-state index in [2.05, 4.69) is 30.7 Å².